The number of carbonyl (C=O) groups is 3. The zero-order chi connectivity index (χ0) is 15.4. The molecule has 1 heterocycles. The van der Waals surface area contributed by atoms with Crippen LogP contribution in [0.3, 0.4) is 0 Å². The summed E-state index contributed by atoms with van der Waals surface area (Å²) in [5.74, 6) is -0.577. The molecule has 3 amide bonds. The maximum Gasteiger partial charge on any atom is 0.407 e. The normalized spacial score (nSPS) is 21.0. The maximum absolute atomic E-state index is 12.4. The van der Waals surface area contributed by atoms with Crippen molar-refractivity contribution in [2.45, 2.75) is 25.3 Å². The van der Waals surface area contributed by atoms with Crippen LogP contribution in [-0.4, -0.2) is 72.3 Å². The van der Waals surface area contributed by atoms with Crippen LogP contribution in [0.15, 0.2) is 0 Å². The van der Waals surface area contributed by atoms with E-state index in [9.17, 15) is 14.4 Å². The molecule has 1 saturated carbocycles. The van der Waals surface area contributed by atoms with E-state index in [0.29, 0.717) is 32.0 Å². The molecule has 118 valence electrons. The zero-order valence-electron chi connectivity index (χ0n) is 12.1. The van der Waals surface area contributed by atoms with E-state index in [0.717, 1.165) is 12.8 Å². The fourth-order valence-electron chi connectivity index (χ4n) is 2.46. The number of nitrogens with one attached hydrogen (secondary N) is 1. The molecule has 2 N–H and O–H groups in total. The van der Waals surface area contributed by atoms with Crippen LogP contribution >= 0.6 is 0 Å². The molecule has 1 atom stereocenters. The van der Waals surface area contributed by atoms with E-state index < -0.39 is 12.1 Å². The fraction of sp³-hybridized carbons (Fsp3) is 0.769. The minimum absolute atomic E-state index is 0.144. The number of likely N-dealkylation sites (tertiary alicyclic amines) is 1. The highest BCUT2D eigenvalue weighted by molar-refractivity contribution is 5.80. The van der Waals surface area contributed by atoms with E-state index in [1.807, 2.05) is 0 Å². The summed E-state index contributed by atoms with van der Waals surface area (Å²) in [6.45, 7) is 1.11. The second kappa shape index (κ2) is 6.64. The monoisotopic (exact) mass is 299 g/mol. The van der Waals surface area contributed by atoms with Gasteiger partial charge in [-0.3, -0.25) is 4.79 Å². The maximum atomic E-state index is 12.4. The van der Waals surface area contributed by atoms with Gasteiger partial charge in [-0.15, -0.1) is 0 Å². The van der Waals surface area contributed by atoms with E-state index in [1.54, 1.807) is 4.90 Å². The van der Waals surface area contributed by atoms with Gasteiger partial charge in [-0.25, -0.2) is 9.59 Å². The number of alkyl carbamates (subject to hydrolysis) is 1. The molecule has 1 saturated heterocycles. The Morgan fingerprint density at radius 3 is 2.62 bits per heavy atom. The van der Waals surface area contributed by atoms with Crippen LogP contribution in [-0.2, 0) is 9.53 Å². The highest BCUT2D eigenvalue weighted by Crippen LogP contribution is 2.30. The van der Waals surface area contributed by atoms with Gasteiger partial charge in [-0.05, 0) is 25.2 Å². The van der Waals surface area contributed by atoms with Gasteiger partial charge in [0, 0.05) is 19.6 Å². The van der Waals surface area contributed by atoms with Crippen molar-refractivity contribution in [2.75, 3.05) is 33.3 Å². The number of carbonyl (C=O) groups excluding carboxylic acids is 2. The lowest BCUT2D eigenvalue weighted by Gasteiger charge is -2.27. The first-order valence-electron chi connectivity index (χ1n) is 7.09. The van der Waals surface area contributed by atoms with Crippen molar-refractivity contribution in [3.63, 3.8) is 0 Å². The Morgan fingerprint density at radius 2 is 2.05 bits per heavy atom. The molecule has 8 nitrogen and oxygen atoms in total. The quantitative estimate of drug-likeness (QED) is 0.762. The van der Waals surface area contributed by atoms with Crippen molar-refractivity contribution in [1.82, 2.24) is 15.1 Å². The molecule has 1 aliphatic heterocycles. The molecule has 1 unspecified atom stereocenters. The van der Waals surface area contributed by atoms with Crippen molar-refractivity contribution in [3.8, 4) is 0 Å². The molecular weight excluding hydrogens is 278 g/mol. The Labute approximate surface area is 123 Å². The number of rotatable bonds is 5. The molecule has 0 aromatic rings. The molecular formula is C13H21N3O5. The first-order valence-corrected chi connectivity index (χ1v) is 7.09. The van der Waals surface area contributed by atoms with Crippen molar-refractivity contribution >= 4 is 18.1 Å². The number of nitrogens with zero attached hydrogens (tertiary/aromatic N) is 2. The van der Waals surface area contributed by atoms with E-state index >= 15 is 0 Å². The number of ether oxygens (including phenoxy) is 1. The fourth-order valence-corrected chi connectivity index (χ4v) is 2.46. The number of urea groups is 1. The van der Waals surface area contributed by atoms with Crippen molar-refractivity contribution in [3.05, 3.63) is 0 Å². The first-order chi connectivity index (χ1) is 9.99. The number of methoxy groups -OCH3 is 1. The van der Waals surface area contributed by atoms with Gasteiger partial charge >= 0.3 is 18.1 Å². The van der Waals surface area contributed by atoms with Crippen LogP contribution in [0.25, 0.3) is 0 Å². The average Bonchev–Trinajstić information content (AvgIpc) is 3.13. The summed E-state index contributed by atoms with van der Waals surface area (Å²) in [6.07, 6.45) is 2.23. The van der Waals surface area contributed by atoms with Crippen molar-refractivity contribution < 1.29 is 24.2 Å². The molecule has 8 heteroatoms. The van der Waals surface area contributed by atoms with E-state index in [2.05, 4.69) is 10.1 Å². The summed E-state index contributed by atoms with van der Waals surface area (Å²) in [6, 6.07) is -0.410. The molecule has 1 aliphatic carbocycles. The van der Waals surface area contributed by atoms with Gasteiger partial charge in [-0.1, -0.05) is 0 Å². The van der Waals surface area contributed by atoms with Crippen LogP contribution in [0.1, 0.15) is 19.3 Å². The topological polar surface area (TPSA) is 99.2 Å². The first kappa shape index (κ1) is 15.4. The average molecular weight is 299 g/mol. The van der Waals surface area contributed by atoms with E-state index in [4.69, 9.17) is 5.11 Å². The van der Waals surface area contributed by atoms with Gasteiger partial charge in [0.05, 0.1) is 13.2 Å². The van der Waals surface area contributed by atoms with Crippen LogP contribution in [0.2, 0.25) is 0 Å². The lowest BCUT2D eigenvalue weighted by molar-refractivity contribution is -0.137. The molecule has 2 aliphatic rings. The summed E-state index contributed by atoms with van der Waals surface area (Å²) in [5.41, 5.74) is 0. The number of carboxylic acids is 1. The highest BCUT2D eigenvalue weighted by atomic mass is 16.5. The standard InChI is InChI=1S/C13H21N3O5/c1-21-12(19)14-10-4-5-15(7-10)13(20)16(8-11(17)18)6-9-2-3-9/h9-10H,2-8H2,1H3,(H,14,19)(H,17,18). The number of hydrogen-bond acceptors (Lipinski definition) is 4. The zero-order valence-corrected chi connectivity index (χ0v) is 12.1. The Bertz CT molecular complexity index is 424. The van der Waals surface area contributed by atoms with Crippen LogP contribution in [0.5, 0.6) is 0 Å². The molecule has 2 fully saturated rings. The van der Waals surface area contributed by atoms with Gasteiger partial charge in [0.25, 0.3) is 0 Å². The SMILES string of the molecule is COC(=O)NC1CCN(C(=O)N(CC(=O)O)CC2CC2)C1. The molecule has 2 rings (SSSR count). The molecule has 0 bridgehead atoms. The van der Waals surface area contributed by atoms with Crippen LogP contribution in [0, 0.1) is 5.92 Å². The van der Waals surface area contributed by atoms with Gasteiger partial charge in [0.1, 0.15) is 6.54 Å². The molecule has 21 heavy (non-hydrogen) atoms. The lowest BCUT2D eigenvalue weighted by Crippen LogP contribution is -2.46. The Balaban J connectivity index is 1.87. The van der Waals surface area contributed by atoms with Gasteiger partial charge in [-0.2, -0.15) is 0 Å². The number of aliphatic carboxylic acids is 1. The van der Waals surface area contributed by atoms with Gasteiger partial charge in [0.15, 0.2) is 0 Å². The summed E-state index contributed by atoms with van der Waals surface area (Å²) in [7, 11) is 1.29. The minimum atomic E-state index is -1.01. The van der Waals surface area contributed by atoms with E-state index in [1.165, 1.54) is 12.0 Å². The predicted octanol–water partition coefficient (Wildman–Crippen LogP) is 0.333. The van der Waals surface area contributed by atoms with Gasteiger partial charge < -0.3 is 25.0 Å². The second-order valence-electron chi connectivity index (χ2n) is 5.57. The molecule has 0 aromatic heterocycles. The van der Waals surface area contributed by atoms with Crippen molar-refractivity contribution in [2.24, 2.45) is 5.92 Å². The lowest BCUT2D eigenvalue weighted by atomic mass is 10.3. The van der Waals surface area contributed by atoms with Crippen molar-refractivity contribution in [1.29, 1.82) is 0 Å². The third-order valence-corrected chi connectivity index (χ3v) is 3.74. The van der Waals surface area contributed by atoms with Crippen LogP contribution < -0.4 is 5.32 Å². The summed E-state index contributed by atoms with van der Waals surface area (Å²) in [4.78, 5) is 37.4. The third kappa shape index (κ3) is 4.51. The minimum Gasteiger partial charge on any atom is -0.480 e. The molecule has 0 radical (unpaired) electrons. The smallest absolute Gasteiger partial charge is 0.407 e. The van der Waals surface area contributed by atoms with Crippen LogP contribution in [0.4, 0.5) is 9.59 Å². The highest BCUT2D eigenvalue weighted by Gasteiger charge is 2.34. The summed E-state index contributed by atoms with van der Waals surface area (Å²) in [5, 5.41) is 11.6. The van der Waals surface area contributed by atoms with Gasteiger partial charge in [0.2, 0.25) is 0 Å². The third-order valence-electron chi connectivity index (χ3n) is 3.74. The number of hydrogen-bond donors (Lipinski definition) is 2. The summed E-state index contributed by atoms with van der Waals surface area (Å²) >= 11 is 0. The summed E-state index contributed by atoms with van der Waals surface area (Å²) < 4.78 is 4.53. The molecule has 0 spiro atoms. The largest absolute Gasteiger partial charge is 0.480 e. The number of carboxylic acid groups (broad SMARTS) is 1. The Hall–Kier alpha value is -1.99. The number of amides is 3. The molecule has 0 aromatic carbocycles. The second-order valence-corrected chi connectivity index (χ2v) is 5.57. The van der Waals surface area contributed by atoms with E-state index in [-0.39, 0.29) is 18.6 Å². The predicted molar refractivity (Wildman–Crippen MR) is 72.8 cm³/mol. The Morgan fingerprint density at radius 1 is 1.33 bits per heavy atom. The Kier molecular flexibility index (Phi) is 4.87.